The number of benzene rings is 1. The summed E-state index contributed by atoms with van der Waals surface area (Å²) in [4.78, 5) is 2.35. The van der Waals surface area contributed by atoms with Crippen LogP contribution in [0.5, 0.6) is 0 Å². The van der Waals surface area contributed by atoms with Crippen LogP contribution in [0.2, 0.25) is 0 Å². The SMILES string of the molecule is CN(C1CCC(OCCCN2CCCC2)CC1)S(=O)(=O)c1ccc(C(F)(F)F)cc1. The molecule has 1 heterocycles. The first kappa shape index (κ1) is 23.5. The molecule has 1 aromatic carbocycles. The van der Waals surface area contributed by atoms with Crippen LogP contribution in [0.1, 0.15) is 50.5 Å². The molecule has 0 unspecified atom stereocenters. The number of rotatable bonds is 8. The Balaban J connectivity index is 1.46. The Bertz CT molecular complexity index is 770. The summed E-state index contributed by atoms with van der Waals surface area (Å²) in [6.07, 6.45) is 2.22. The van der Waals surface area contributed by atoms with Gasteiger partial charge in [-0.05, 0) is 82.3 Å². The molecule has 0 amide bonds. The molecule has 1 aliphatic heterocycles. The minimum Gasteiger partial charge on any atom is -0.378 e. The monoisotopic (exact) mass is 448 g/mol. The minimum atomic E-state index is -4.49. The molecule has 1 saturated heterocycles. The second kappa shape index (κ2) is 9.97. The van der Waals surface area contributed by atoms with Gasteiger partial charge in [0.15, 0.2) is 0 Å². The standard InChI is InChI=1S/C21H31F3N2O3S/c1-25(30(27,28)20-11-5-17(6-12-20)21(22,23)24)18-7-9-19(10-8-18)29-16-4-15-26-13-2-3-14-26/h5-6,11-12,18-19H,2-4,7-10,13-16H2,1H3. The lowest BCUT2D eigenvalue weighted by Gasteiger charge is -2.34. The molecule has 2 aliphatic rings. The van der Waals surface area contributed by atoms with E-state index >= 15 is 0 Å². The van der Waals surface area contributed by atoms with Crippen molar-refractivity contribution < 1.29 is 26.3 Å². The van der Waals surface area contributed by atoms with Crippen molar-refractivity contribution >= 4 is 10.0 Å². The average molecular weight is 449 g/mol. The van der Waals surface area contributed by atoms with E-state index in [4.69, 9.17) is 4.74 Å². The molecule has 1 aromatic rings. The first-order valence-electron chi connectivity index (χ1n) is 10.7. The number of sulfonamides is 1. The van der Waals surface area contributed by atoms with Crippen LogP contribution in [-0.2, 0) is 20.9 Å². The van der Waals surface area contributed by atoms with E-state index in [0.717, 1.165) is 56.7 Å². The van der Waals surface area contributed by atoms with Gasteiger partial charge in [-0.3, -0.25) is 0 Å². The van der Waals surface area contributed by atoms with E-state index in [-0.39, 0.29) is 17.0 Å². The zero-order valence-electron chi connectivity index (χ0n) is 17.4. The van der Waals surface area contributed by atoms with Gasteiger partial charge in [0.1, 0.15) is 0 Å². The second-order valence-electron chi connectivity index (χ2n) is 8.25. The Morgan fingerprint density at radius 3 is 2.23 bits per heavy atom. The molecule has 1 saturated carbocycles. The molecule has 0 bridgehead atoms. The number of alkyl halides is 3. The highest BCUT2D eigenvalue weighted by molar-refractivity contribution is 7.89. The molecule has 0 aromatic heterocycles. The topological polar surface area (TPSA) is 49.9 Å². The van der Waals surface area contributed by atoms with Crippen LogP contribution in [-0.4, -0.2) is 63.1 Å². The van der Waals surface area contributed by atoms with E-state index in [9.17, 15) is 21.6 Å². The van der Waals surface area contributed by atoms with Crippen LogP contribution in [0.15, 0.2) is 29.2 Å². The van der Waals surface area contributed by atoms with Gasteiger partial charge in [0, 0.05) is 26.2 Å². The fraction of sp³-hybridized carbons (Fsp3) is 0.714. The van der Waals surface area contributed by atoms with Crippen LogP contribution >= 0.6 is 0 Å². The van der Waals surface area contributed by atoms with Gasteiger partial charge in [0.05, 0.1) is 16.6 Å². The van der Waals surface area contributed by atoms with Crippen molar-refractivity contribution in [2.75, 3.05) is 33.3 Å². The average Bonchev–Trinajstić information content (AvgIpc) is 3.24. The molecule has 0 N–H and O–H groups in total. The third kappa shape index (κ3) is 5.96. The highest BCUT2D eigenvalue weighted by Gasteiger charge is 2.34. The van der Waals surface area contributed by atoms with Crippen LogP contribution in [0.4, 0.5) is 13.2 Å². The zero-order chi connectivity index (χ0) is 21.8. The third-order valence-corrected chi connectivity index (χ3v) is 8.11. The number of likely N-dealkylation sites (tertiary alicyclic amines) is 1. The molecule has 9 heteroatoms. The summed E-state index contributed by atoms with van der Waals surface area (Å²) in [6, 6.07) is 3.52. The highest BCUT2D eigenvalue weighted by atomic mass is 32.2. The number of ether oxygens (including phenoxy) is 1. The van der Waals surface area contributed by atoms with Gasteiger partial charge in [-0.25, -0.2) is 8.42 Å². The Morgan fingerprint density at radius 2 is 1.67 bits per heavy atom. The summed E-state index contributed by atoms with van der Waals surface area (Å²) >= 11 is 0. The zero-order valence-corrected chi connectivity index (χ0v) is 18.2. The van der Waals surface area contributed by atoms with E-state index in [1.165, 1.54) is 37.3 Å². The van der Waals surface area contributed by atoms with Crippen LogP contribution in [0, 0.1) is 0 Å². The van der Waals surface area contributed by atoms with E-state index in [0.29, 0.717) is 12.8 Å². The Hall–Kier alpha value is -1.16. The normalized spacial score (nSPS) is 23.9. The lowest BCUT2D eigenvalue weighted by molar-refractivity contribution is -0.137. The molecule has 30 heavy (non-hydrogen) atoms. The van der Waals surface area contributed by atoms with Crippen molar-refractivity contribution in [3.05, 3.63) is 29.8 Å². The van der Waals surface area contributed by atoms with Gasteiger partial charge in [0.25, 0.3) is 0 Å². The number of halogens is 3. The van der Waals surface area contributed by atoms with Gasteiger partial charge < -0.3 is 9.64 Å². The maximum absolute atomic E-state index is 12.8. The molecule has 1 aliphatic carbocycles. The molecule has 170 valence electrons. The second-order valence-corrected chi connectivity index (χ2v) is 10.2. The molecule has 0 spiro atoms. The van der Waals surface area contributed by atoms with Crippen molar-refractivity contribution in [3.8, 4) is 0 Å². The van der Waals surface area contributed by atoms with Gasteiger partial charge in [-0.1, -0.05) is 0 Å². The third-order valence-electron chi connectivity index (χ3n) is 6.19. The maximum atomic E-state index is 12.8. The molecule has 5 nitrogen and oxygen atoms in total. The quantitative estimate of drug-likeness (QED) is 0.561. The number of nitrogens with zero attached hydrogens (tertiary/aromatic N) is 2. The molecule has 0 radical (unpaired) electrons. The summed E-state index contributed by atoms with van der Waals surface area (Å²) in [5.74, 6) is 0. The summed E-state index contributed by atoms with van der Waals surface area (Å²) < 4.78 is 71.1. The fourth-order valence-electron chi connectivity index (χ4n) is 4.30. The Kier molecular flexibility index (Phi) is 7.81. The summed E-state index contributed by atoms with van der Waals surface area (Å²) in [5, 5.41) is 0. The van der Waals surface area contributed by atoms with E-state index < -0.39 is 21.8 Å². The number of hydrogen-bond acceptors (Lipinski definition) is 4. The maximum Gasteiger partial charge on any atom is 0.416 e. The lowest BCUT2D eigenvalue weighted by Crippen LogP contribution is -2.40. The molecule has 3 rings (SSSR count). The highest BCUT2D eigenvalue weighted by Crippen LogP contribution is 2.32. The van der Waals surface area contributed by atoms with Crippen LogP contribution in [0.25, 0.3) is 0 Å². The largest absolute Gasteiger partial charge is 0.416 e. The van der Waals surface area contributed by atoms with Crippen LogP contribution in [0.3, 0.4) is 0 Å². The van der Waals surface area contributed by atoms with Gasteiger partial charge in [0.2, 0.25) is 10.0 Å². The van der Waals surface area contributed by atoms with Crippen molar-refractivity contribution in [2.45, 2.75) is 68.2 Å². The Labute approximate surface area is 177 Å². The fourth-order valence-corrected chi connectivity index (χ4v) is 5.71. The molecule has 0 atom stereocenters. The van der Waals surface area contributed by atoms with E-state index in [2.05, 4.69) is 4.90 Å². The van der Waals surface area contributed by atoms with Crippen molar-refractivity contribution in [1.29, 1.82) is 0 Å². The van der Waals surface area contributed by atoms with Gasteiger partial charge >= 0.3 is 6.18 Å². The predicted octanol–water partition coefficient (Wildman–Crippen LogP) is 4.14. The minimum absolute atomic E-state index is 0.113. The first-order chi connectivity index (χ1) is 14.2. The smallest absolute Gasteiger partial charge is 0.378 e. The van der Waals surface area contributed by atoms with Gasteiger partial charge in [-0.2, -0.15) is 17.5 Å². The van der Waals surface area contributed by atoms with Gasteiger partial charge in [-0.15, -0.1) is 0 Å². The first-order valence-corrected chi connectivity index (χ1v) is 12.1. The lowest BCUT2D eigenvalue weighted by atomic mass is 9.93. The van der Waals surface area contributed by atoms with E-state index in [1.54, 1.807) is 0 Å². The van der Waals surface area contributed by atoms with Crippen molar-refractivity contribution in [1.82, 2.24) is 9.21 Å². The van der Waals surface area contributed by atoms with Crippen LogP contribution < -0.4 is 0 Å². The van der Waals surface area contributed by atoms with Crippen molar-refractivity contribution in [3.63, 3.8) is 0 Å². The van der Waals surface area contributed by atoms with E-state index in [1.807, 2.05) is 0 Å². The molecular formula is C21H31F3N2O3S. The summed E-state index contributed by atoms with van der Waals surface area (Å²) in [6.45, 7) is 4.17. The molecule has 2 fully saturated rings. The molecular weight excluding hydrogens is 417 g/mol. The predicted molar refractivity (Wildman–Crippen MR) is 109 cm³/mol. The number of hydrogen-bond donors (Lipinski definition) is 0. The Morgan fingerprint density at radius 1 is 1.07 bits per heavy atom. The summed E-state index contributed by atoms with van der Waals surface area (Å²) in [7, 11) is -2.32. The summed E-state index contributed by atoms with van der Waals surface area (Å²) in [5.41, 5.74) is -0.855. The van der Waals surface area contributed by atoms with Crippen molar-refractivity contribution in [2.24, 2.45) is 0 Å².